The van der Waals surface area contributed by atoms with E-state index < -0.39 is 20.6 Å². The summed E-state index contributed by atoms with van der Waals surface area (Å²) in [4.78, 5) is 50.0. The minimum atomic E-state index is -0.958. The molecule has 4 aromatic rings. The van der Waals surface area contributed by atoms with E-state index in [0.29, 0.717) is 46.1 Å². The lowest BCUT2D eigenvalue weighted by atomic mass is 9.75. The number of rotatable bonds is 42. The first-order valence-electron chi connectivity index (χ1n) is 30.5. The number of azo groups is 2. The number of alkyl halides is 1. The first-order valence-corrected chi connectivity index (χ1v) is 31.3. The molecule has 0 fully saturated rings. The Balaban J connectivity index is 0.000000458. The largest absolute Gasteiger partial charge is 0.497 e. The molecule has 0 aliphatic rings. The van der Waals surface area contributed by atoms with Crippen molar-refractivity contribution in [1.82, 2.24) is 0 Å². The van der Waals surface area contributed by atoms with Crippen molar-refractivity contribution in [1.29, 1.82) is 0 Å². The van der Waals surface area contributed by atoms with Gasteiger partial charge >= 0.3 is 23.9 Å². The van der Waals surface area contributed by atoms with Gasteiger partial charge in [-0.3, -0.25) is 19.2 Å². The van der Waals surface area contributed by atoms with Gasteiger partial charge in [0.15, 0.2) is 0 Å². The van der Waals surface area contributed by atoms with Crippen molar-refractivity contribution in [2.45, 2.75) is 169 Å². The van der Waals surface area contributed by atoms with Gasteiger partial charge in [-0.05, 0) is 197 Å². The Bertz CT molecular complexity index is 2590. The predicted octanol–water partition coefficient (Wildman–Crippen LogP) is 17.5. The molecule has 0 radical (unpaired) electrons. The Morgan fingerprint density at radius 2 is 0.686 bits per heavy atom. The van der Waals surface area contributed by atoms with Crippen molar-refractivity contribution in [3.8, 4) is 17.2 Å². The third-order valence-electron chi connectivity index (χ3n) is 13.9. The minimum Gasteiger partial charge on any atom is -0.497 e. The number of esters is 4. The number of methoxy groups -OCH3 is 3. The van der Waals surface area contributed by atoms with Crippen LogP contribution >= 0.6 is 15.9 Å². The average Bonchev–Trinajstić information content (AvgIpc) is 2.26. The molecule has 0 bridgehead atoms. The quantitative estimate of drug-likeness (QED) is 0.0133. The number of ether oxygens (including phenoxy) is 9. The molecule has 0 aliphatic carbocycles. The first-order chi connectivity index (χ1) is 41.1. The van der Waals surface area contributed by atoms with E-state index >= 15 is 0 Å². The molecule has 18 heteroatoms. The van der Waals surface area contributed by atoms with E-state index in [-0.39, 0.29) is 43.5 Å². The molecule has 1 unspecified atom stereocenters. The fourth-order valence-corrected chi connectivity index (χ4v) is 9.95. The van der Waals surface area contributed by atoms with Crippen LogP contribution in [0, 0.1) is 16.2 Å². The molecule has 0 amide bonds. The van der Waals surface area contributed by atoms with Gasteiger partial charge in [-0.2, -0.15) is 20.5 Å². The Hall–Kier alpha value is -6.24. The molecule has 0 N–H and O–H groups in total. The van der Waals surface area contributed by atoms with Crippen molar-refractivity contribution >= 4 is 62.6 Å². The molecule has 0 saturated heterocycles. The maximum Gasteiger partial charge on any atom is 0.322 e. The number of carbonyl (C=O) groups is 4. The Morgan fingerprint density at radius 1 is 0.372 bits per heavy atom. The fourth-order valence-electron chi connectivity index (χ4n) is 9.14. The smallest absolute Gasteiger partial charge is 0.322 e. The van der Waals surface area contributed by atoms with Gasteiger partial charge in [-0.25, -0.2) is 0 Å². The van der Waals surface area contributed by atoms with Crippen LogP contribution in [-0.4, -0.2) is 102 Å². The van der Waals surface area contributed by atoms with Crippen LogP contribution in [-0.2, 0) is 54.0 Å². The van der Waals surface area contributed by atoms with E-state index in [4.69, 9.17) is 42.6 Å². The molecule has 0 aliphatic heterocycles. The van der Waals surface area contributed by atoms with Crippen molar-refractivity contribution in [3.05, 3.63) is 103 Å². The second-order valence-corrected chi connectivity index (χ2v) is 25.3. The summed E-state index contributed by atoms with van der Waals surface area (Å²) in [6, 6.07) is 30.9. The second kappa shape index (κ2) is 41.0. The molecule has 476 valence electrons. The highest BCUT2D eigenvalue weighted by Gasteiger charge is 2.43. The third kappa shape index (κ3) is 30.9. The summed E-state index contributed by atoms with van der Waals surface area (Å²) in [7, 11) is 4.72. The molecule has 4 rings (SSSR count). The standard InChI is InChI=1S/C38H57BrN2O6.C30H42N2O7/c1-6-7-17-31-18-20-32(21-19-31)40-41-33-22-24-34(25-23-33)45-26-15-13-11-9-8-10-12-14-16-27-46-36(43)38(4,39)30-37(2,3)35(42)47-29-28-44-5;1-29(2,22-30(3,4)28(34)39-21-20-35-5)27(33)38-19-9-7-8-18-37-26-16-12-24(13-17-26)32-31-23-10-14-25(36-6)15-11-23/h18-25H,6-17,26-30H2,1-5H3;10-17H,7-9,18-22H2,1-6H3. The number of benzene rings is 4. The van der Waals surface area contributed by atoms with Crippen LogP contribution in [0.5, 0.6) is 17.2 Å². The van der Waals surface area contributed by atoms with E-state index in [0.717, 1.165) is 97.8 Å². The van der Waals surface area contributed by atoms with Gasteiger partial charge in [-0.15, -0.1) is 0 Å². The molecular weight excluding hydrogens is 1160 g/mol. The molecule has 0 aromatic heterocycles. The van der Waals surface area contributed by atoms with Crippen molar-refractivity contribution in [2.24, 2.45) is 36.7 Å². The highest BCUT2D eigenvalue weighted by atomic mass is 79.9. The molecule has 86 heavy (non-hydrogen) atoms. The SMILES string of the molecule is CCCCc1ccc(N=Nc2ccc(OCCCCCCCCCCCOC(=O)C(C)(Br)CC(C)(C)C(=O)OCCOC)cc2)cc1.COCCOC(=O)C(C)(C)CC(C)(C)C(=O)OCCCCCOc1ccc(N=Nc2ccc(OC)cc2)cc1. The minimum absolute atomic E-state index is 0.191. The van der Waals surface area contributed by atoms with Gasteiger partial charge in [0.1, 0.15) is 34.8 Å². The third-order valence-corrected chi connectivity index (χ3v) is 14.5. The van der Waals surface area contributed by atoms with Crippen LogP contribution < -0.4 is 14.2 Å². The lowest BCUT2D eigenvalue weighted by molar-refractivity contribution is -0.163. The van der Waals surface area contributed by atoms with Crippen LogP contribution in [0.25, 0.3) is 0 Å². The highest BCUT2D eigenvalue weighted by Crippen LogP contribution is 2.37. The summed E-state index contributed by atoms with van der Waals surface area (Å²) >= 11 is 3.48. The number of halogens is 1. The van der Waals surface area contributed by atoms with E-state index in [1.54, 1.807) is 69.8 Å². The van der Waals surface area contributed by atoms with E-state index in [1.165, 1.54) is 44.1 Å². The van der Waals surface area contributed by atoms with Gasteiger partial charge in [0.25, 0.3) is 0 Å². The van der Waals surface area contributed by atoms with Crippen LogP contribution in [0.3, 0.4) is 0 Å². The topological polar surface area (TPSA) is 201 Å². The second-order valence-electron chi connectivity index (χ2n) is 23.5. The number of carbonyl (C=O) groups excluding carboxylic acids is 4. The Labute approximate surface area is 521 Å². The molecule has 0 saturated carbocycles. The highest BCUT2D eigenvalue weighted by molar-refractivity contribution is 9.10. The molecular formula is C68H99BrN4O13. The van der Waals surface area contributed by atoms with Crippen molar-refractivity contribution < 1.29 is 61.8 Å². The van der Waals surface area contributed by atoms with Crippen molar-refractivity contribution in [2.75, 3.05) is 74.2 Å². The molecule has 4 aromatic carbocycles. The summed E-state index contributed by atoms with van der Waals surface area (Å²) in [5, 5.41) is 17.2. The fraction of sp³-hybridized carbons (Fsp3) is 0.588. The van der Waals surface area contributed by atoms with Crippen LogP contribution in [0.15, 0.2) is 118 Å². The summed E-state index contributed by atoms with van der Waals surface area (Å²) in [5.41, 5.74) is 2.03. The lowest BCUT2D eigenvalue weighted by Gasteiger charge is -2.31. The zero-order chi connectivity index (χ0) is 63.1. The maximum atomic E-state index is 12.6. The molecule has 1 atom stereocenters. The number of hydrogen-bond donors (Lipinski definition) is 0. The number of unbranched alkanes of at least 4 members (excludes halogenated alkanes) is 11. The summed E-state index contributed by atoms with van der Waals surface area (Å²) in [6.45, 7) is 17.7. The first kappa shape index (κ1) is 74.0. The lowest BCUT2D eigenvalue weighted by Crippen LogP contribution is -2.40. The zero-order valence-corrected chi connectivity index (χ0v) is 55.0. The normalized spacial score (nSPS) is 12.5. The van der Waals surface area contributed by atoms with Gasteiger partial charge in [-0.1, -0.05) is 86.4 Å². The van der Waals surface area contributed by atoms with Gasteiger partial charge in [0.2, 0.25) is 0 Å². The monoisotopic (exact) mass is 1260 g/mol. The van der Waals surface area contributed by atoms with Gasteiger partial charge < -0.3 is 42.6 Å². The molecule has 0 spiro atoms. The summed E-state index contributed by atoms with van der Waals surface area (Å²) < 4.78 is 47.2. The van der Waals surface area contributed by atoms with Gasteiger partial charge in [0, 0.05) is 14.2 Å². The number of nitrogens with zero attached hydrogens (tertiary/aromatic N) is 4. The summed E-state index contributed by atoms with van der Waals surface area (Å²) in [5.74, 6) is 1.01. The predicted molar refractivity (Wildman–Crippen MR) is 341 cm³/mol. The number of aryl methyl sites for hydroxylation is 1. The van der Waals surface area contributed by atoms with Gasteiger partial charge in [0.05, 0.1) is 85.7 Å². The van der Waals surface area contributed by atoms with E-state index in [9.17, 15) is 19.2 Å². The van der Waals surface area contributed by atoms with E-state index in [1.807, 2.05) is 84.9 Å². The zero-order valence-electron chi connectivity index (χ0n) is 53.4. The van der Waals surface area contributed by atoms with Crippen LogP contribution in [0.2, 0.25) is 0 Å². The van der Waals surface area contributed by atoms with E-state index in [2.05, 4.69) is 55.4 Å². The average molecular weight is 1260 g/mol. The molecule has 0 heterocycles. The van der Waals surface area contributed by atoms with Crippen LogP contribution in [0.1, 0.15) is 164 Å². The van der Waals surface area contributed by atoms with Crippen LogP contribution in [0.4, 0.5) is 22.7 Å². The summed E-state index contributed by atoms with van der Waals surface area (Å²) in [6.07, 6.45) is 16.6. The number of hydrogen-bond acceptors (Lipinski definition) is 17. The Morgan fingerprint density at radius 3 is 1.06 bits per heavy atom. The molecule has 17 nitrogen and oxygen atoms in total. The maximum absolute atomic E-state index is 12.6. The Kier molecular flexibility index (Phi) is 35.3. The van der Waals surface area contributed by atoms with Crippen molar-refractivity contribution in [3.63, 3.8) is 0 Å².